The van der Waals surface area contributed by atoms with E-state index in [9.17, 15) is 24.0 Å². The number of carbonyl (C=O) groups excluding carboxylic acids is 2. The molecule has 22 nitrogen and oxygen atoms in total. The van der Waals surface area contributed by atoms with Crippen molar-refractivity contribution in [2.45, 2.75) is 122 Å². The first-order chi connectivity index (χ1) is 55.5. The minimum Gasteiger partial charge on any atom is -0.487 e. The highest BCUT2D eigenvalue weighted by atomic mass is 28.4. The molecule has 7 rings (SSSR count). The summed E-state index contributed by atoms with van der Waals surface area (Å²) in [5, 5.41) is 10.4. The van der Waals surface area contributed by atoms with Crippen molar-refractivity contribution in [2.24, 2.45) is 0 Å². The number of benzene rings is 7. The van der Waals surface area contributed by atoms with Crippen molar-refractivity contribution in [2.75, 3.05) is 178 Å². The summed E-state index contributed by atoms with van der Waals surface area (Å²) in [4.78, 5) is 63.6. The van der Waals surface area contributed by atoms with Crippen LogP contribution in [-0.2, 0) is 56.8 Å². The summed E-state index contributed by atoms with van der Waals surface area (Å²) >= 11 is 0. The van der Waals surface area contributed by atoms with E-state index >= 15 is 0 Å². The lowest BCUT2D eigenvalue weighted by Gasteiger charge is -2.41. The maximum absolute atomic E-state index is 14.0. The topological polar surface area (TPSA) is 257 Å². The second-order valence-electron chi connectivity index (χ2n) is 31.1. The Balaban J connectivity index is 0.887. The summed E-state index contributed by atoms with van der Waals surface area (Å²) < 4.78 is 89.3. The fraction of sp³-hybridized carbons (Fsp3) is 0.511. The molecule has 7 aromatic rings. The quantitative estimate of drug-likeness (QED) is 0.0175. The highest BCUT2D eigenvalue weighted by Gasteiger charge is 2.52. The first-order valence-electron chi connectivity index (χ1n) is 40.7. The number of hydrogen-bond donors (Lipinski definition) is 5. The van der Waals surface area contributed by atoms with Crippen LogP contribution >= 0.6 is 0 Å². The third kappa shape index (κ3) is 31.5. The molecular formula is C90H130N2O20Si3. The van der Waals surface area contributed by atoms with Crippen LogP contribution in [0.4, 0.5) is 4.79 Å². The van der Waals surface area contributed by atoms with E-state index in [-0.39, 0.29) is 117 Å². The van der Waals surface area contributed by atoms with E-state index in [1.165, 1.54) is 0 Å². The molecule has 0 heterocycles. The highest BCUT2D eigenvalue weighted by Crippen LogP contribution is 2.43. The molecule has 7 aromatic carbocycles. The molecule has 115 heavy (non-hydrogen) atoms. The minimum atomic E-state index is -3.12. The smallest absolute Gasteiger partial charge is 0.407 e. The molecule has 0 aliphatic rings. The van der Waals surface area contributed by atoms with Crippen molar-refractivity contribution in [1.82, 2.24) is 10.6 Å². The van der Waals surface area contributed by atoms with Crippen molar-refractivity contribution in [3.63, 3.8) is 0 Å². The van der Waals surface area contributed by atoms with Gasteiger partial charge in [-0.15, -0.1) is 0 Å². The van der Waals surface area contributed by atoms with Gasteiger partial charge in [0.15, 0.2) is 11.5 Å². The van der Waals surface area contributed by atoms with E-state index in [2.05, 4.69) is 52.2 Å². The lowest BCUT2D eigenvalue weighted by Crippen LogP contribution is -2.65. The monoisotopic (exact) mass is 1640 g/mol. The van der Waals surface area contributed by atoms with Crippen LogP contribution in [0.5, 0.6) is 17.2 Å². The van der Waals surface area contributed by atoms with Crippen molar-refractivity contribution in [1.29, 1.82) is 0 Å². The fourth-order valence-electron chi connectivity index (χ4n) is 13.8. The summed E-state index contributed by atoms with van der Waals surface area (Å²) in [5.74, 6) is 0.323. The number of ether oxygens (including phenoxy) is 15. The molecule has 0 unspecified atom stereocenters. The number of rotatable bonds is 61. The third-order valence-corrected chi connectivity index (χ3v) is 33.8. The van der Waals surface area contributed by atoms with Gasteiger partial charge >= 0.3 is 6.09 Å². The summed E-state index contributed by atoms with van der Waals surface area (Å²) in [6, 6.07) is 63.5. The van der Waals surface area contributed by atoms with E-state index in [0.29, 0.717) is 99.1 Å². The molecule has 25 heteroatoms. The number of carbonyl (C=O) groups is 2. The molecule has 5 N–H and O–H groups in total. The largest absolute Gasteiger partial charge is 0.487 e. The summed E-state index contributed by atoms with van der Waals surface area (Å²) in [5.41, 5.74) is -0.364. The molecule has 0 spiro atoms. The van der Waals surface area contributed by atoms with Crippen molar-refractivity contribution >= 4 is 68.1 Å². The van der Waals surface area contributed by atoms with Gasteiger partial charge < -0.3 is 96.1 Å². The normalized spacial score (nSPS) is 12.4. The number of hydrogen-bond acceptors (Lipinski definition) is 20. The Morgan fingerprint density at radius 1 is 0.296 bits per heavy atom. The standard InChI is InChI=1S/C90H130N2O20Si3/c1-87(2,3)112-86(94)92-47-52-102-57-56-101-51-46-91-85(93)75-73-82(109-70-67-106-64-61-103-58-53-98-48-28-43-88(4,5)113(95,76-31-16-10-17-32-76)77-33-18-11-19-34-77)84(111-72-69-108-66-63-105-60-55-100-50-30-45-90(8,9)115(97,80-39-24-14-25-40-80)81-41-26-15-27-42-81)83(74-75)110-71-68-107-65-62-104-59-54-99-49-29-44-89(6,7)114(96,78-35-20-12-21-36-78)79-37-22-13-23-38-79/h10-27,31-42,73-74,95-97H,28-30,43-72H2,1-9H3,(H,91,93)(H,92,94). The zero-order chi connectivity index (χ0) is 82.4. The van der Waals surface area contributed by atoms with Crippen LogP contribution in [-0.4, -0.2) is 235 Å². The second-order valence-corrected chi connectivity index (χ2v) is 42.8. The minimum absolute atomic E-state index is 0.0877. The summed E-state index contributed by atoms with van der Waals surface area (Å²) in [6.45, 7) is 26.5. The number of nitrogens with one attached hydrogen (secondary N) is 2. The third-order valence-electron chi connectivity index (χ3n) is 20.1. The Morgan fingerprint density at radius 3 is 0.783 bits per heavy atom. The molecule has 0 bridgehead atoms. The lowest BCUT2D eigenvalue weighted by atomic mass is 10.1. The Hall–Kier alpha value is -7.23. The molecule has 0 fully saturated rings. The fourth-order valence-corrected chi connectivity index (χ4v) is 25.2. The van der Waals surface area contributed by atoms with Crippen molar-refractivity contribution in [3.05, 3.63) is 200 Å². The average Bonchev–Trinajstić information content (AvgIpc) is 0.764. The predicted molar refractivity (Wildman–Crippen MR) is 459 cm³/mol. The lowest BCUT2D eigenvalue weighted by molar-refractivity contribution is 0.00608. The van der Waals surface area contributed by atoms with Gasteiger partial charge in [-0.3, -0.25) is 4.79 Å². The second kappa shape index (κ2) is 51.2. The van der Waals surface area contributed by atoms with Crippen molar-refractivity contribution in [3.8, 4) is 17.2 Å². The zero-order valence-electron chi connectivity index (χ0n) is 69.6. The first-order valence-corrected chi connectivity index (χ1v) is 46.5. The molecule has 0 radical (unpaired) electrons. The summed E-state index contributed by atoms with van der Waals surface area (Å²) in [6.07, 6.45) is 4.16. The predicted octanol–water partition coefficient (Wildman–Crippen LogP) is 10.2. The van der Waals surface area contributed by atoms with Crippen LogP contribution in [0.3, 0.4) is 0 Å². The molecule has 0 aromatic heterocycles. The van der Waals surface area contributed by atoms with Crippen LogP contribution in [0, 0.1) is 0 Å². The Labute approximate surface area is 686 Å². The van der Waals surface area contributed by atoms with Gasteiger partial charge in [-0.25, -0.2) is 4.79 Å². The van der Waals surface area contributed by atoms with Crippen LogP contribution in [0.15, 0.2) is 194 Å². The van der Waals surface area contributed by atoms with E-state index in [4.69, 9.17) is 71.1 Å². The molecular weight excluding hydrogens is 1510 g/mol. The van der Waals surface area contributed by atoms with Crippen LogP contribution in [0.25, 0.3) is 0 Å². The van der Waals surface area contributed by atoms with Gasteiger partial charge in [-0.1, -0.05) is 224 Å². The van der Waals surface area contributed by atoms with Gasteiger partial charge in [0.25, 0.3) is 30.9 Å². The van der Waals surface area contributed by atoms with Crippen LogP contribution in [0.2, 0.25) is 15.1 Å². The average molecular weight is 1640 g/mol. The highest BCUT2D eigenvalue weighted by molar-refractivity contribution is 6.99. The van der Waals surface area contributed by atoms with Gasteiger partial charge in [0.1, 0.15) is 25.4 Å². The number of alkyl carbamates (subject to hydrolysis) is 1. The van der Waals surface area contributed by atoms with Gasteiger partial charge in [0.2, 0.25) is 5.75 Å². The molecule has 0 aliphatic carbocycles. The Bertz CT molecular complexity index is 3490. The molecule has 632 valence electrons. The molecule has 0 aliphatic heterocycles. The van der Waals surface area contributed by atoms with Gasteiger partial charge in [0.05, 0.1) is 126 Å². The SMILES string of the molecule is CC(C)(C)OC(=O)NCCOCCOCCNC(=O)c1cc(OCCOCCOCCOCCCC(C)(C)[Si](O)(c2ccccc2)c2ccccc2)c(OCCOCCOCCOCCCC(C)(C)[Si](O)(c2ccccc2)c2ccccc2)c(OCCOCCOCCOCCCC(C)(C)[Si](O)(c2ccccc2)c2ccccc2)c1. The first kappa shape index (κ1) is 94.9. The van der Waals surface area contributed by atoms with E-state index in [0.717, 1.165) is 69.6 Å². The number of amides is 2. The molecule has 2 amide bonds. The molecule has 0 saturated carbocycles. The van der Waals surface area contributed by atoms with E-state index in [1.807, 2.05) is 182 Å². The zero-order valence-corrected chi connectivity index (χ0v) is 72.6. The Morgan fingerprint density at radius 2 is 0.522 bits per heavy atom. The molecule has 0 saturated heterocycles. The van der Waals surface area contributed by atoms with Crippen LogP contribution in [0.1, 0.15) is 111 Å². The van der Waals surface area contributed by atoms with Crippen molar-refractivity contribution < 1.29 is 95.0 Å². The molecule has 0 atom stereocenters. The maximum Gasteiger partial charge on any atom is 0.407 e. The van der Waals surface area contributed by atoms with Gasteiger partial charge in [-0.05, 0) is 118 Å². The van der Waals surface area contributed by atoms with E-state index < -0.39 is 42.6 Å². The van der Waals surface area contributed by atoms with Gasteiger partial charge in [0, 0.05) is 38.5 Å². The summed E-state index contributed by atoms with van der Waals surface area (Å²) in [7, 11) is -9.35. The van der Waals surface area contributed by atoms with Crippen LogP contribution < -0.4 is 56.0 Å². The Kier molecular flexibility index (Phi) is 42.2. The van der Waals surface area contributed by atoms with Gasteiger partial charge in [-0.2, -0.15) is 0 Å². The van der Waals surface area contributed by atoms with E-state index in [1.54, 1.807) is 32.9 Å². The maximum atomic E-state index is 14.0.